The number of nitrogens with one attached hydrogen (secondary N) is 1. The molecule has 2 bridgehead atoms. The molecular formula is C15H22N2O2. The van der Waals surface area contributed by atoms with Crippen molar-refractivity contribution in [1.82, 2.24) is 5.32 Å². The first-order valence-electron chi connectivity index (χ1n) is 7.24. The average molecular weight is 262 g/mol. The van der Waals surface area contributed by atoms with Crippen LogP contribution in [0.3, 0.4) is 0 Å². The van der Waals surface area contributed by atoms with Gasteiger partial charge in [0.1, 0.15) is 0 Å². The van der Waals surface area contributed by atoms with Gasteiger partial charge in [0, 0.05) is 12.5 Å². The highest BCUT2D eigenvalue weighted by Crippen LogP contribution is 2.49. The van der Waals surface area contributed by atoms with Gasteiger partial charge in [-0.3, -0.25) is 9.59 Å². The molecule has 2 aliphatic rings. The van der Waals surface area contributed by atoms with Crippen LogP contribution in [0, 0.1) is 35.0 Å². The summed E-state index contributed by atoms with van der Waals surface area (Å²) in [6.45, 7) is 3.65. The van der Waals surface area contributed by atoms with E-state index in [0.717, 1.165) is 12.3 Å². The molecule has 104 valence electrons. The second-order valence-corrected chi connectivity index (χ2v) is 6.33. The molecule has 0 aliphatic heterocycles. The number of Topliss-reactive ketones (excluding diaryl/α,β-unsaturated/α-hetero) is 1. The third-order valence-corrected chi connectivity index (χ3v) is 4.49. The molecule has 0 radical (unpaired) electrons. The summed E-state index contributed by atoms with van der Waals surface area (Å²) in [5.41, 5.74) is 0. The summed E-state index contributed by atoms with van der Waals surface area (Å²) in [7, 11) is 0. The first-order chi connectivity index (χ1) is 9.01. The van der Waals surface area contributed by atoms with Crippen molar-refractivity contribution in [2.45, 2.75) is 52.0 Å². The van der Waals surface area contributed by atoms with Crippen LogP contribution in [-0.2, 0) is 9.59 Å². The molecule has 1 amide bonds. The highest BCUT2D eigenvalue weighted by Gasteiger charge is 2.41. The van der Waals surface area contributed by atoms with Gasteiger partial charge in [-0.2, -0.15) is 5.26 Å². The lowest BCUT2D eigenvalue weighted by molar-refractivity contribution is -0.132. The largest absolute Gasteiger partial charge is 0.352 e. The first kappa shape index (κ1) is 14.0. The van der Waals surface area contributed by atoms with Gasteiger partial charge in [-0.15, -0.1) is 0 Å². The Morgan fingerprint density at radius 2 is 2.05 bits per heavy atom. The fourth-order valence-corrected chi connectivity index (χ4v) is 3.65. The summed E-state index contributed by atoms with van der Waals surface area (Å²) in [5.74, 6) is 0.0913. The number of nitriles is 1. The Balaban J connectivity index is 1.90. The van der Waals surface area contributed by atoms with E-state index in [4.69, 9.17) is 5.26 Å². The Kier molecular flexibility index (Phi) is 4.24. The molecular weight excluding hydrogens is 240 g/mol. The maximum absolute atomic E-state index is 12.1. The van der Waals surface area contributed by atoms with Gasteiger partial charge in [-0.25, -0.2) is 0 Å². The Labute approximate surface area is 114 Å². The lowest BCUT2D eigenvalue weighted by atomic mass is 9.83. The molecule has 19 heavy (non-hydrogen) atoms. The van der Waals surface area contributed by atoms with Crippen molar-refractivity contribution < 1.29 is 9.59 Å². The number of fused-ring (bicyclic) bond motifs is 2. The summed E-state index contributed by atoms with van der Waals surface area (Å²) in [6.07, 6.45) is 5.28. The van der Waals surface area contributed by atoms with Crippen LogP contribution in [0.25, 0.3) is 0 Å². The van der Waals surface area contributed by atoms with Crippen LogP contribution < -0.4 is 5.32 Å². The zero-order valence-corrected chi connectivity index (χ0v) is 11.7. The summed E-state index contributed by atoms with van der Waals surface area (Å²) in [5, 5.41) is 11.7. The van der Waals surface area contributed by atoms with E-state index in [1.54, 1.807) is 0 Å². The van der Waals surface area contributed by atoms with Crippen molar-refractivity contribution in [1.29, 1.82) is 5.26 Å². The van der Waals surface area contributed by atoms with E-state index < -0.39 is 11.8 Å². The number of carbonyl (C=O) groups is 2. The Hall–Kier alpha value is -1.37. The predicted molar refractivity (Wildman–Crippen MR) is 70.9 cm³/mol. The minimum Gasteiger partial charge on any atom is -0.352 e. The van der Waals surface area contributed by atoms with E-state index >= 15 is 0 Å². The highest BCUT2D eigenvalue weighted by molar-refractivity contribution is 6.04. The average Bonchev–Trinajstić information content (AvgIpc) is 2.90. The quantitative estimate of drug-likeness (QED) is 0.771. The number of hydrogen-bond donors (Lipinski definition) is 1. The molecule has 2 fully saturated rings. The van der Waals surface area contributed by atoms with Crippen molar-refractivity contribution in [3.05, 3.63) is 0 Å². The van der Waals surface area contributed by atoms with E-state index in [9.17, 15) is 9.59 Å². The highest BCUT2D eigenvalue weighted by atomic mass is 16.2. The Morgan fingerprint density at radius 1 is 1.32 bits per heavy atom. The summed E-state index contributed by atoms with van der Waals surface area (Å²) >= 11 is 0. The van der Waals surface area contributed by atoms with Crippen molar-refractivity contribution in [2.75, 3.05) is 0 Å². The van der Waals surface area contributed by atoms with Crippen LogP contribution in [0.15, 0.2) is 0 Å². The van der Waals surface area contributed by atoms with Gasteiger partial charge in [0.15, 0.2) is 11.7 Å². The SMILES string of the molecule is CC(C)NC(=O)[C@H](C#N)C(=O)C[C@H]1C[C@H]2CC[C@H]1C2. The smallest absolute Gasteiger partial charge is 0.245 e. The molecule has 4 nitrogen and oxygen atoms in total. The van der Waals surface area contributed by atoms with Crippen LogP contribution in [0.2, 0.25) is 0 Å². The molecule has 0 heterocycles. The monoisotopic (exact) mass is 262 g/mol. The molecule has 0 aromatic carbocycles. The molecule has 2 aliphatic carbocycles. The van der Waals surface area contributed by atoms with Gasteiger partial charge in [-0.1, -0.05) is 6.42 Å². The van der Waals surface area contributed by atoms with E-state index in [-0.39, 0.29) is 11.8 Å². The van der Waals surface area contributed by atoms with Gasteiger partial charge in [0.25, 0.3) is 0 Å². The van der Waals surface area contributed by atoms with Crippen molar-refractivity contribution >= 4 is 11.7 Å². The van der Waals surface area contributed by atoms with Gasteiger partial charge in [0.2, 0.25) is 5.91 Å². The molecule has 0 unspecified atom stereocenters. The van der Waals surface area contributed by atoms with Crippen LogP contribution in [0.5, 0.6) is 0 Å². The molecule has 4 heteroatoms. The minimum atomic E-state index is -1.12. The summed E-state index contributed by atoms with van der Waals surface area (Å²) < 4.78 is 0. The van der Waals surface area contributed by atoms with Crippen LogP contribution in [0.4, 0.5) is 0 Å². The normalized spacial score (nSPS) is 30.1. The van der Waals surface area contributed by atoms with E-state index in [0.29, 0.717) is 18.3 Å². The maximum Gasteiger partial charge on any atom is 0.245 e. The predicted octanol–water partition coefficient (Wildman–Crippen LogP) is 2.05. The lowest BCUT2D eigenvalue weighted by Gasteiger charge is -2.21. The molecule has 0 aromatic rings. The van der Waals surface area contributed by atoms with E-state index in [2.05, 4.69) is 5.32 Å². The minimum absolute atomic E-state index is 0.0429. The zero-order valence-electron chi connectivity index (χ0n) is 11.7. The molecule has 0 aromatic heterocycles. The topological polar surface area (TPSA) is 70.0 Å². The van der Waals surface area contributed by atoms with Crippen LogP contribution >= 0.6 is 0 Å². The molecule has 2 rings (SSSR count). The van der Waals surface area contributed by atoms with Gasteiger partial charge in [0.05, 0.1) is 6.07 Å². The second kappa shape index (κ2) is 5.73. The zero-order chi connectivity index (χ0) is 14.0. The first-order valence-corrected chi connectivity index (χ1v) is 7.24. The Morgan fingerprint density at radius 3 is 2.53 bits per heavy atom. The molecule has 0 saturated heterocycles. The number of hydrogen-bond acceptors (Lipinski definition) is 3. The second-order valence-electron chi connectivity index (χ2n) is 6.33. The van der Waals surface area contributed by atoms with Crippen molar-refractivity contribution in [3.8, 4) is 6.07 Å². The number of nitrogens with zero attached hydrogens (tertiary/aromatic N) is 1. The molecule has 2 saturated carbocycles. The van der Waals surface area contributed by atoms with Gasteiger partial charge in [-0.05, 0) is 50.9 Å². The number of carbonyl (C=O) groups excluding carboxylic acids is 2. The summed E-state index contributed by atoms with van der Waals surface area (Å²) in [6, 6.07) is 1.82. The number of ketones is 1. The van der Waals surface area contributed by atoms with Crippen molar-refractivity contribution in [2.24, 2.45) is 23.7 Å². The fourth-order valence-electron chi connectivity index (χ4n) is 3.65. The molecule has 1 N–H and O–H groups in total. The fraction of sp³-hybridized carbons (Fsp3) is 0.800. The lowest BCUT2D eigenvalue weighted by Crippen LogP contribution is -2.39. The Bertz CT molecular complexity index is 411. The van der Waals surface area contributed by atoms with Gasteiger partial charge >= 0.3 is 0 Å². The maximum atomic E-state index is 12.1. The number of rotatable bonds is 5. The standard InChI is InChI=1S/C15H22N2O2/c1-9(2)17-15(19)13(8-16)14(18)7-12-6-10-3-4-11(12)5-10/h9-13H,3-7H2,1-2H3,(H,17,19)/t10-,11-,12+,13+/m0/s1. The van der Waals surface area contributed by atoms with E-state index in [1.807, 2.05) is 19.9 Å². The third-order valence-electron chi connectivity index (χ3n) is 4.49. The molecule has 0 spiro atoms. The van der Waals surface area contributed by atoms with Crippen LogP contribution in [0.1, 0.15) is 46.0 Å². The third kappa shape index (κ3) is 3.15. The van der Waals surface area contributed by atoms with Crippen LogP contribution in [-0.4, -0.2) is 17.7 Å². The summed E-state index contributed by atoms with van der Waals surface area (Å²) in [4.78, 5) is 24.0. The molecule has 4 atom stereocenters. The number of amides is 1. The van der Waals surface area contributed by atoms with E-state index in [1.165, 1.54) is 19.3 Å². The van der Waals surface area contributed by atoms with Crippen molar-refractivity contribution in [3.63, 3.8) is 0 Å². The van der Waals surface area contributed by atoms with Gasteiger partial charge < -0.3 is 5.32 Å².